The van der Waals surface area contributed by atoms with E-state index in [-0.39, 0.29) is 11.6 Å². The van der Waals surface area contributed by atoms with E-state index in [0.717, 1.165) is 18.6 Å². The number of methoxy groups -OCH3 is 1. The number of nitrogens with two attached hydrogens (primary N) is 1. The third-order valence-corrected chi connectivity index (χ3v) is 4.58. The van der Waals surface area contributed by atoms with Gasteiger partial charge in [0.1, 0.15) is 0 Å². The minimum Gasteiger partial charge on any atom is -0.379 e. The van der Waals surface area contributed by atoms with Crippen LogP contribution < -0.4 is 5.73 Å². The molecule has 1 rings (SSSR count). The highest BCUT2D eigenvalue weighted by Crippen LogP contribution is 2.24. The SMILES string of the molecule is COC(C)(C)CCC(N)CSc1ccccc1C. The molecule has 0 bridgehead atoms. The highest BCUT2D eigenvalue weighted by Gasteiger charge is 2.17. The van der Waals surface area contributed by atoms with Gasteiger partial charge in [-0.05, 0) is 45.2 Å². The van der Waals surface area contributed by atoms with Crippen molar-refractivity contribution in [3.05, 3.63) is 29.8 Å². The Labute approximate surface area is 115 Å². The predicted octanol–water partition coefficient (Wildman–Crippen LogP) is 3.62. The maximum absolute atomic E-state index is 6.16. The summed E-state index contributed by atoms with van der Waals surface area (Å²) in [4.78, 5) is 1.33. The molecule has 1 aromatic rings. The molecule has 0 aliphatic rings. The van der Waals surface area contributed by atoms with Crippen molar-refractivity contribution in [2.45, 2.75) is 50.2 Å². The van der Waals surface area contributed by atoms with Gasteiger partial charge in [0.2, 0.25) is 0 Å². The number of thioether (sulfide) groups is 1. The van der Waals surface area contributed by atoms with E-state index >= 15 is 0 Å². The lowest BCUT2D eigenvalue weighted by atomic mass is 10.00. The van der Waals surface area contributed by atoms with Gasteiger partial charge in [0.05, 0.1) is 5.60 Å². The van der Waals surface area contributed by atoms with Crippen LogP contribution in [0, 0.1) is 6.92 Å². The van der Waals surface area contributed by atoms with E-state index < -0.39 is 0 Å². The zero-order valence-corrected chi connectivity index (χ0v) is 12.7. The summed E-state index contributed by atoms with van der Waals surface area (Å²) >= 11 is 1.85. The van der Waals surface area contributed by atoms with Crippen molar-refractivity contribution in [2.24, 2.45) is 5.73 Å². The minimum absolute atomic E-state index is 0.0645. The van der Waals surface area contributed by atoms with E-state index in [1.54, 1.807) is 7.11 Å². The molecule has 1 unspecified atom stereocenters. The first-order valence-electron chi connectivity index (χ1n) is 6.44. The van der Waals surface area contributed by atoms with Crippen molar-refractivity contribution < 1.29 is 4.74 Å². The van der Waals surface area contributed by atoms with E-state index in [1.165, 1.54) is 10.5 Å². The van der Waals surface area contributed by atoms with Crippen molar-refractivity contribution in [3.8, 4) is 0 Å². The molecule has 0 spiro atoms. The Bertz CT molecular complexity index is 365. The van der Waals surface area contributed by atoms with Gasteiger partial charge in [-0.3, -0.25) is 0 Å². The largest absolute Gasteiger partial charge is 0.379 e. The summed E-state index contributed by atoms with van der Waals surface area (Å²) in [5.41, 5.74) is 7.42. The maximum Gasteiger partial charge on any atom is 0.0623 e. The summed E-state index contributed by atoms with van der Waals surface area (Å²) in [6.07, 6.45) is 2.00. The van der Waals surface area contributed by atoms with Gasteiger partial charge in [-0.2, -0.15) is 0 Å². The van der Waals surface area contributed by atoms with Crippen molar-refractivity contribution in [2.75, 3.05) is 12.9 Å². The van der Waals surface area contributed by atoms with E-state index in [9.17, 15) is 0 Å². The Kier molecular flexibility index (Phi) is 6.19. The smallest absolute Gasteiger partial charge is 0.0623 e. The summed E-state index contributed by atoms with van der Waals surface area (Å²) in [6, 6.07) is 8.67. The zero-order chi connectivity index (χ0) is 13.6. The first-order valence-corrected chi connectivity index (χ1v) is 7.42. The topological polar surface area (TPSA) is 35.2 Å². The van der Waals surface area contributed by atoms with E-state index in [0.29, 0.717) is 0 Å². The molecule has 102 valence electrons. The van der Waals surface area contributed by atoms with Crippen molar-refractivity contribution in [1.82, 2.24) is 0 Å². The van der Waals surface area contributed by atoms with Crippen LogP contribution in [0.2, 0.25) is 0 Å². The molecule has 1 aromatic carbocycles. The van der Waals surface area contributed by atoms with Crippen molar-refractivity contribution >= 4 is 11.8 Å². The number of hydrogen-bond donors (Lipinski definition) is 1. The third-order valence-electron chi connectivity index (χ3n) is 3.22. The Balaban J connectivity index is 2.34. The standard InChI is InChI=1S/C15H25NOS/c1-12-7-5-6-8-14(12)18-11-13(16)9-10-15(2,3)17-4/h5-8,13H,9-11,16H2,1-4H3. The number of aryl methyl sites for hydroxylation is 1. The molecule has 18 heavy (non-hydrogen) atoms. The lowest BCUT2D eigenvalue weighted by Gasteiger charge is -2.24. The summed E-state index contributed by atoms with van der Waals surface area (Å²) in [6.45, 7) is 6.35. The van der Waals surface area contributed by atoms with Crippen LogP contribution in [0.3, 0.4) is 0 Å². The van der Waals surface area contributed by atoms with Gasteiger partial charge in [0.25, 0.3) is 0 Å². The number of rotatable bonds is 7. The Morgan fingerprint density at radius 3 is 2.61 bits per heavy atom. The maximum atomic E-state index is 6.16. The molecular weight excluding hydrogens is 242 g/mol. The Morgan fingerprint density at radius 2 is 2.00 bits per heavy atom. The summed E-state index contributed by atoms with van der Waals surface area (Å²) in [5.74, 6) is 0.963. The summed E-state index contributed by atoms with van der Waals surface area (Å²) in [5, 5.41) is 0. The van der Waals surface area contributed by atoms with E-state index in [4.69, 9.17) is 10.5 Å². The molecular formula is C15H25NOS. The molecule has 0 aromatic heterocycles. The molecule has 0 aliphatic heterocycles. The van der Waals surface area contributed by atoms with Gasteiger partial charge in [0, 0.05) is 23.8 Å². The molecule has 0 aliphatic carbocycles. The molecule has 0 saturated carbocycles. The average Bonchev–Trinajstić information content (AvgIpc) is 2.35. The normalized spacial score (nSPS) is 13.6. The molecule has 0 saturated heterocycles. The molecule has 1 atom stereocenters. The van der Waals surface area contributed by atoms with Crippen LogP contribution in [0.4, 0.5) is 0 Å². The van der Waals surface area contributed by atoms with Crippen LogP contribution in [-0.2, 0) is 4.74 Å². The number of benzene rings is 1. The molecule has 0 radical (unpaired) electrons. The zero-order valence-electron chi connectivity index (χ0n) is 11.9. The average molecular weight is 267 g/mol. The quantitative estimate of drug-likeness (QED) is 0.766. The van der Waals surface area contributed by atoms with Gasteiger partial charge in [-0.1, -0.05) is 18.2 Å². The fourth-order valence-corrected chi connectivity index (χ4v) is 2.66. The molecule has 2 N–H and O–H groups in total. The number of hydrogen-bond acceptors (Lipinski definition) is 3. The monoisotopic (exact) mass is 267 g/mol. The van der Waals surface area contributed by atoms with Crippen LogP contribution in [0.1, 0.15) is 32.3 Å². The Morgan fingerprint density at radius 1 is 1.33 bits per heavy atom. The van der Waals surface area contributed by atoms with Gasteiger partial charge in [-0.25, -0.2) is 0 Å². The summed E-state index contributed by atoms with van der Waals surface area (Å²) < 4.78 is 5.41. The van der Waals surface area contributed by atoms with E-state index in [2.05, 4.69) is 45.0 Å². The molecule has 0 heterocycles. The lowest BCUT2D eigenvalue weighted by molar-refractivity contribution is 0.0129. The minimum atomic E-state index is -0.0645. The van der Waals surface area contributed by atoms with Gasteiger partial charge in [0.15, 0.2) is 0 Å². The van der Waals surface area contributed by atoms with Crippen LogP contribution in [0.25, 0.3) is 0 Å². The first kappa shape index (κ1) is 15.5. The molecule has 0 fully saturated rings. The first-order chi connectivity index (χ1) is 8.44. The molecule has 3 heteroatoms. The van der Waals surface area contributed by atoms with Gasteiger partial charge in [-0.15, -0.1) is 11.8 Å². The van der Waals surface area contributed by atoms with E-state index in [1.807, 2.05) is 11.8 Å². The summed E-state index contributed by atoms with van der Waals surface area (Å²) in [7, 11) is 1.76. The van der Waals surface area contributed by atoms with Crippen molar-refractivity contribution in [3.63, 3.8) is 0 Å². The second-order valence-corrected chi connectivity index (χ2v) is 6.40. The van der Waals surface area contributed by atoms with Crippen LogP contribution in [0.5, 0.6) is 0 Å². The third kappa shape index (κ3) is 5.42. The highest BCUT2D eigenvalue weighted by atomic mass is 32.2. The fourth-order valence-electron chi connectivity index (χ4n) is 1.63. The lowest BCUT2D eigenvalue weighted by Crippen LogP contribution is -2.29. The Hall–Kier alpha value is -0.510. The van der Waals surface area contributed by atoms with Gasteiger partial charge >= 0.3 is 0 Å². The van der Waals surface area contributed by atoms with Crippen LogP contribution in [-0.4, -0.2) is 24.5 Å². The fraction of sp³-hybridized carbons (Fsp3) is 0.600. The highest BCUT2D eigenvalue weighted by molar-refractivity contribution is 7.99. The second kappa shape index (κ2) is 7.17. The van der Waals surface area contributed by atoms with Crippen LogP contribution >= 0.6 is 11.8 Å². The van der Waals surface area contributed by atoms with Gasteiger partial charge < -0.3 is 10.5 Å². The molecule has 0 amide bonds. The molecule has 2 nitrogen and oxygen atoms in total. The number of ether oxygens (including phenoxy) is 1. The second-order valence-electron chi connectivity index (χ2n) is 5.34. The predicted molar refractivity (Wildman–Crippen MR) is 80.2 cm³/mol. The van der Waals surface area contributed by atoms with Crippen LogP contribution in [0.15, 0.2) is 29.2 Å². The van der Waals surface area contributed by atoms with Crippen molar-refractivity contribution in [1.29, 1.82) is 0 Å².